The van der Waals surface area contributed by atoms with Crippen molar-refractivity contribution in [3.63, 3.8) is 0 Å². The van der Waals surface area contributed by atoms with Crippen molar-refractivity contribution >= 4 is 11.5 Å². The number of fused-ring (bicyclic) bond motifs is 1. The van der Waals surface area contributed by atoms with Crippen LogP contribution in [-0.2, 0) is 5.41 Å². The number of rotatable bonds is 1. The molecule has 0 aliphatic carbocycles. The second-order valence-electron chi connectivity index (χ2n) is 6.94. The molecule has 2 aromatic rings. The normalized spacial score (nSPS) is 23.8. The minimum atomic E-state index is -0.0606. The predicted molar refractivity (Wildman–Crippen MR) is 80.1 cm³/mol. The third-order valence-corrected chi connectivity index (χ3v) is 4.35. The molecule has 0 amide bonds. The summed E-state index contributed by atoms with van der Waals surface area (Å²) in [5.41, 5.74) is 0.758. The first-order valence-electron chi connectivity index (χ1n) is 7.37. The minimum Gasteiger partial charge on any atom is -0.352 e. The predicted octanol–water partition coefficient (Wildman–Crippen LogP) is 2.66. The molecule has 5 heteroatoms. The van der Waals surface area contributed by atoms with Crippen LogP contribution >= 0.6 is 0 Å². The summed E-state index contributed by atoms with van der Waals surface area (Å²) in [5, 5.41) is 13.3. The molecule has 2 atom stereocenters. The van der Waals surface area contributed by atoms with E-state index >= 15 is 0 Å². The van der Waals surface area contributed by atoms with E-state index in [4.69, 9.17) is 5.10 Å². The van der Waals surface area contributed by atoms with Crippen molar-refractivity contribution < 1.29 is 0 Å². The van der Waals surface area contributed by atoms with Gasteiger partial charge in [0.1, 0.15) is 5.82 Å². The number of hydrogen-bond donors (Lipinski definition) is 0. The molecule has 1 aliphatic heterocycles. The molecule has 1 saturated heterocycles. The largest absolute Gasteiger partial charge is 0.352 e. The van der Waals surface area contributed by atoms with E-state index in [1.54, 1.807) is 0 Å². The fraction of sp³-hybridized carbons (Fsp3) is 0.667. The van der Waals surface area contributed by atoms with Crippen LogP contribution in [0.1, 0.15) is 46.9 Å². The van der Waals surface area contributed by atoms with Crippen molar-refractivity contribution in [3.05, 3.63) is 18.0 Å². The average molecular weight is 273 g/mol. The number of hydrogen-bond acceptors (Lipinski definition) is 4. The first kappa shape index (κ1) is 13.3. The molecule has 108 valence electrons. The van der Waals surface area contributed by atoms with Gasteiger partial charge < -0.3 is 4.90 Å². The van der Waals surface area contributed by atoms with Gasteiger partial charge in [-0.1, -0.05) is 27.7 Å². The average Bonchev–Trinajstić information content (AvgIpc) is 2.93. The smallest absolute Gasteiger partial charge is 0.178 e. The first-order valence-corrected chi connectivity index (χ1v) is 7.37. The molecule has 3 heterocycles. The highest BCUT2D eigenvalue weighted by Gasteiger charge is 2.29. The Kier molecular flexibility index (Phi) is 2.96. The van der Waals surface area contributed by atoms with E-state index < -0.39 is 0 Å². The summed E-state index contributed by atoms with van der Waals surface area (Å²) in [7, 11) is 0. The Balaban J connectivity index is 2.06. The van der Waals surface area contributed by atoms with Gasteiger partial charge in [-0.15, -0.1) is 15.3 Å². The van der Waals surface area contributed by atoms with Gasteiger partial charge in [0, 0.05) is 18.0 Å². The molecule has 0 saturated carbocycles. The van der Waals surface area contributed by atoms with E-state index in [1.807, 2.05) is 10.6 Å². The van der Waals surface area contributed by atoms with Crippen molar-refractivity contribution in [1.29, 1.82) is 0 Å². The van der Waals surface area contributed by atoms with Crippen LogP contribution in [0.3, 0.4) is 0 Å². The maximum Gasteiger partial charge on any atom is 0.178 e. The maximum absolute atomic E-state index is 4.79. The van der Waals surface area contributed by atoms with Crippen molar-refractivity contribution in [2.45, 2.75) is 52.5 Å². The van der Waals surface area contributed by atoms with Crippen molar-refractivity contribution in [3.8, 4) is 0 Å². The van der Waals surface area contributed by atoms with Crippen LogP contribution < -0.4 is 4.90 Å². The van der Waals surface area contributed by atoms with Crippen LogP contribution in [0.15, 0.2) is 12.1 Å². The zero-order valence-corrected chi connectivity index (χ0v) is 13.0. The van der Waals surface area contributed by atoms with Gasteiger partial charge in [-0.25, -0.2) is 0 Å². The number of aromatic nitrogens is 4. The number of anilines is 1. The Hall–Kier alpha value is -1.65. The van der Waals surface area contributed by atoms with Crippen LogP contribution in [-0.4, -0.2) is 32.4 Å². The van der Waals surface area contributed by atoms with Gasteiger partial charge in [0.05, 0.1) is 0 Å². The third-order valence-electron chi connectivity index (χ3n) is 4.35. The molecule has 0 bridgehead atoms. The Bertz CT molecular complexity index is 625. The van der Waals surface area contributed by atoms with Gasteiger partial charge in [0.2, 0.25) is 0 Å². The lowest BCUT2D eigenvalue weighted by molar-refractivity contribution is 0.522. The van der Waals surface area contributed by atoms with Gasteiger partial charge in [-0.3, -0.25) is 0 Å². The van der Waals surface area contributed by atoms with Gasteiger partial charge >= 0.3 is 0 Å². The lowest BCUT2D eigenvalue weighted by Crippen LogP contribution is -2.30. The van der Waals surface area contributed by atoms with E-state index in [1.165, 1.54) is 6.42 Å². The fourth-order valence-corrected chi connectivity index (χ4v) is 2.82. The number of nitrogens with zero attached hydrogens (tertiary/aromatic N) is 5. The topological polar surface area (TPSA) is 46.3 Å². The van der Waals surface area contributed by atoms with Crippen LogP contribution in [0, 0.1) is 5.92 Å². The molecule has 20 heavy (non-hydrogen) atoms. The summed E-state index contributed by atoms with van der Waals surface area (Å²) in [6, 6.07) is 4.61. The van der Waals surface area contributed by atoms with E-state index in [0.717, 1.165) is 29.8 Å². The minimum absolute atomic E-state index is 0.0606. The molecule has 2 aromatic heterocycles. The lowest BCUT2D eigenvalue weighted by Gasteiger charge is -2.24. The van der Waals surface area contributed by atoms with Crippen LogP contribution in [0.2, 0.25) is 0 Å². The second kappa shape index (κ2) is 4.43. The van der Waals surface area contributed by atoms with Crippen LogP contribution in [0.25, 0.3) is 5.65 Å². The van der Waals surface area contributed by atoms with Crippen molar-refractivity contribution in [1.82, 2.24) is 19.8 Å². The molecule has 5 nitrogen and oxygen atoms in total. The summed E-state index contributed by atoms with van der Waals surface area (Å²) < 4.78 is 1.89. The standard InChI is InChI=1S/C15H23N5/c1-10-8-9-19(11(10)2)13-7-6-12-16-17-14(15(3,4)5)20(12)18-13/h6-7,10-11H,8-9H2,1-5H3. The third kappa shape index (κ3) is 2.05. The highest BCUT2D eigenvalue weighted by molar-refractivity contribution is 5.47. The van der Waals surface area contributed by atoms with Gasteiger partial charge in [0.15, 0.2) is 11.5 Å². The Morgan fingerprint density at radius 2 is 1.90 bits per heavy atom. The van der Waals surface area contributed by atoms with E-state index in [2.05, 4.69) is 55.8 Å². The Labute approximate surface area is 120 Å². The van der Waals surface area contributed by atoms with Gasteiger partial charge in [-0.05, 0) is 31.4 Å². The maximum atomic E-state index is 4.79. The van der Waals surface area contributed by atoms with E-state index in [9.17, 15) is 0 Å². The quantitative estimate of drug-likeness (QED) is 0.801. The zero-order chi connectivity index (χ0) is 14.5. The molecule has 0 aromatic carbocycles. The molecule has 0 spiro atoms. The van der Waals surface area contributed by atoms with Gasteiger partial charge in [0.25, 0.3) is 0 Å². The van der Waals surface area contributed by atoms with E-state index in [0.29, 0.717) is 6.04 Å². The molecule has 2 unspecified atom stereocenters. The van der Waals surface area contributed by atoms with Crippen molar-refractivity contribution in [2.75, 3.05) is 11.4 Å². The summed E-state index contributed by atoms with van der Waals surface area (Å²) in [5.74, 6) is 2.66. The highest BCUT2D eigenvalue weighted by atomic mass is 15.4. The molecule has 3 rings (SSSR count). The SMILES string of the molecule is CC1CCN(c2ccc3nnc(C(C)(C)C)n3n2)C1C. The first-order chi connectivity index (χ1) is 9.38. The van der Waals surface area contributed by atoms with Gasteiger partial charge in [-0.2, -0.15) is 4.52 Å². The molecule has 0 N–H and O–H groups in total. The Morgan fingerprint density at radius 3 is 2.50 bits per heavy atom. The Morgan fingerprint density at radius 1 is 1.15 bits per heavy atom. The summed E-state index contributed by atoms with van der Waals surface area (Å²) in [6.45, 7) is 12.1. The van der Waals surface area contributed by atoms with E-state index in [-0.39, 0.29) is 5.41 Å². The fourth-order valence-electron chi connectivity index (χ4n) is 2.82. The molecule has 1 aliphatic rings. The summed E-state index contributed by atoms with van der Waals surface area (Å²) >= 11 is 0. The molecular formula is C15H23N5. The molecular weight excluding hydrogens is 250 g/mol. The molecule has 0 radical (unpaired) electrons. The van der Waals surface area contributed by atoms with Crippen molar-refractivity contribution in [2.24, 2.45) is 5.92 Å². The van der Waals surface area contributed by atoms with Crippen LogP contribution in [0.5, 0.6) is 0 Å². The highest BCUT2D eigenvalue weighted by Crippen LogP contribution is 2.28. The van der Waals surface area contributed by atoms with Crippen LogP contribution in [0.4, 0.5) is 5.82 Å². The monoisotopic (exact) mass is 273 g/mol. The second-order valence-corrected chi connectivity index (χ2v) is 6.94. The summed E-state index contributed by atoms with van der Waals surface area (Å²) in [6.07, 6.45) is 1.23. The zero-order valence-electron chi connectivity index (χ0n) is 13.0. The lowest BCUT2D eigenvalue weighted by atomic mass is 9.96. The summed E-state index contributed by atoms with van der Waals surface area (Å²) in [4.78, 5) is 2.39. The molecule has 1 fully saturated rings.